The molecule has 21 heavy (non-hydrogen) atoms. The Labute approximate surface area is 125 Å². The summed E-state index contributed by atoms with van der Waals surface area (Å²) >= 11 is 0. The molecule has 5 nitrogen and oxygen atoms in total. The molecule has 0 saturated heterocycles. The molecule has 1 unspecified atom stereocenters. The molecule has 4 N–H and O–H groups in total. The average molecular weight is 292 g/mol. The molecule has 1 saturated carbocycles. The molecule has 0 radical (unpaired) electrons. The molecule has 1 aromatic carbocycles. The predicted molar refractivity (Wildman–Crippen MR) is 80.9 cm³/mol. The Morgan fingerprint density at radius 1 is 1.52 bits per heavy atom. The van der Waals surface area contributed by atoms with Crippen LogP contribution >= 0.6 is 0 Å². The van der Waals surface area contributed by atoms with Crippen molar-refractivity contribution in [2.24, 2.45) is 11.7 Å². The van der Waals surface area contributed by atoms with Crippen molar-refractivity contribution >= 4 is 5.91 Å². The molecular formula is C16H24N2O3. The fourth-order valence-electron chi connectivity index (χ4n) is 2.81. The van der Waals surface area contributed by atoms with Gasteiger partial charge in [-0.3, -0.25) is 4.79 Å². The lowest BCUT2D eigenvalue weighted by Crippen LogP contribution is -2.33. The minimum absolute atomic E-state index is 0.0423. The van der Waals surface area contributed by atoms with Gasteiger partial charge in [-0.05, 0) is 36.5 Å². The summed E-state index contributed by atoms with van der Waals surface area (Å²) in [4.78, 5) is 11.9. The summed E-state index contributed by atoms with van der Waals surface area (Å²) in [5.41, 5.74) is 6.69. The first-order valence-electron chi connectivity index (χ1n) is 7.44. The van der Waals surface area contributed by atoms with Crippen molar-refractivity contribution in [2.45, 2.75) is 37.8 Å². The third kappa shape index (κ3) is 4.44. The van der Waals surface area contributed by atoms with Gasteiger partial charge in [-0.15, -0.1) is 0 Å². The van der Waals surface area contributed by atoms with Gasteiger partial charge in [0, 0.05) is 19.0 Å². The van der Waals surface area contributed by atoms with E-state index >= 15 is 0 Å². The highest BCUT2D eigenvalue weighted by atomic mass is 16.5. The van der Waals surface area contributed by atoms with Gasteiger partial charge in [0.25, 0.3) is 0 Å². The Kier molecular flexibility index (Phi) is 5.59. The van der Waals surface area contributed by atoms with Crippen LogP contribution in [0.25, 0.3) is 0 Å². The van der Waals surface area contributed by atoms with E-state index in [0.29, 0.717) is 12.2 Å². The minimum atomic E-state index is -0.735. The molecule has 1 fully saturated rings. The smallest absolute Gasteiger partial charge is 0.220 e. The van der Waals surface area contributed by atoms with Gasteiger partial charge in [-0.25, -0.2) is 0 Å². The number of methoxy groups -OCH3 is 1. The van der Waals surface area contributed by atoms with Crippen LogP contribution in [-0.2, 0) is 4.79 Å². The first kappa shape index (κ1) is 15.8. The topological polar surface area (TPSA) is 84.6 Å². The van der Waals surface area contributed by atoms with Crippen LogP contribution in [0.1, 0.15) is 37.4 Å². The number of nitrogens with one attached hydrogen (secondary N) is 1. The van der Waals surface area contributed by atoms with E-state index in [4.69, 9.17) is 10.5 Å². The van der Waals surface area contributed by atoms with E-state index in [1.54, 1.807) is 13.2 Å². The average Bonchev–Trinajstić information content (AvgIpc) is 2.90. The number of amides is 1. The van der Waals surface area contributed by atoms with E-state index in [0.717, 1.165) is 24.8 Å². The van der Waals surface area contributed by atoms with Crippen LogP contribution in [0, 0.1) is 5.92 Å². The van der Waals surface area contributed by atoms with E-state index in [2.05, 4.69) is 5.32 Å². The van der Waals surface area contributed by atoms with E-state index in [1.807, 2.05) is 18.2 Å². The molecule has 0 heterocycles. The quantitative estimate of drug-likeness (QED) is 0.739. The number of nitrogens with two attached hydrogens (primary N) is 1. The van der Waals surface area contributed by atoms with Crippen molar-refractivity contribution in [1.29, 1.82) is 0 Å². The number of carbonyl (C=O) groups is 1. The van der Waals surface area contributed by atoms with Crippen molar-refractivity contribution in [2.75, 3.05) is 13.7 Å². The summed E-state index contributed by atoms with van der Waals surface area (Å²) in [6, 6.07) is 7.35. The van der Waals surface area contributed by atoms with E-state index in [9.17, 15) is 9.90 Å². The molecule has 1 aliphatic rings. The number of hydrogen-bond acceptors (Lipinski definition) is 4. The van der Waals surface area contributed by atoms with Crippen LogP contribution in [0.15, 0.2) is 24.3 Å². The fourth-order valence-corrected chi connectivity index (χ4v) is 2.81. The molecule has 3 atom stereocenters. The van der Waals surface area contributed by atoms with Crippen LogP contribution in [0.2, 0.25) is 0 Å². The van der Waals surface area contributed by atoms with Gasteiger partial charge in [0.2, 0.25) is 5.91 Å². The maximum absolute atomic E-state index is 11.9. The van der Waals surface area contributed by atoms with Crippen molar-refractivity contribution in [1.82, 2.24) is 5.32 Å². The highest BCUT2D eigenvalue weighted by Gasteiger charge is 2.26. The Bertz CT molecular complexity index is 478. The summed E-state index contributed by atoms with van der Waals surface area (Å²) in [5, 5.41) is 12.9. The second-order valence-electron chi connectivity index (χ2n) is 5.66. The zero-order valence-electron chi connectivity index (χ0n) is 12.4. The highest BCUT2D eigenvalue weighted by molar-refractivity contribution is 5.76. The van der Waals surface area contributed by atoms with E-state index in [-0.39, 0.29) is 24.4 Å². The first-order chi connectivity index (χ1) is 10.1. The normalized spacial score (nSPS) is 22.8. The third-order valence-corrected chi connectivity index (χ3v) is 4.14. The highest BCUT2D eigenvalue weighted by Crippen LogP contribution is 2.26. The zero-order valence-corrected chi connectivity index (χ0v) is 12.4. The SMILES string of the molecule is COc1cccc(C(O)CNC(=O)C[C@@H]2CCC[C@H]2N)c1. The lowest BCUT2D eigenvalue weighted by Gasteiger charge is -2.16. The second kappa shape index (κ2) is 7.43. The van der Waals surface area contributed by atoms with Crippen LogP contribution in [-0.4, -0.2) is 30.7 Å². The molecular weight excluding hydrogens is 268 g/mol. The number of rotatable bonds is 6. The Hall–Kier alpha value is -1.59. The third-order valence-electron chi connectivity index (χ3n) is 4.14. The monoisotopic (exact) mass is 292 g/mol. The van der Waals surface area contributed by atoms with E-state index < -0.39 is 6.10 Å². The number of aliphatic hydroxyl groups excluding tert-OH is 1. The number of aliphatic hydroxyl groups is 1. The summed E-state index contributed by atoms with van der Waals surface area (Å²) in [6.07, 6.45) is 2.84. The lowest BCUT2D eigenvalue weighted by molar-refractivity contribution is -0.122. The van der Waals surface area contributed by atoms with Crippen LogP contribution in [0.3, 0.4) is 0 Å². The Balaban J connectivity index is 1.80. The van der Waals surface area contributed by atoms with Crippen molar-refractivity contribution in [3.63, 3.8) is 0 Å². The fraction of sp³-hybridized carbons (Fsp3) is 0.562. The van der Waals surface area contributed by atoms with Crippen molar-refractivity contribution < 1.29 is 14.6 Å². The summed E-state index contributed by atoms with van der Waals surface area (Å²) in [5.74, 6) is 0.924. The molecule has 0 aromatic heterocycles. The molecule has 0 spiro atoms. The largest absolute Gasteiger partial charge is 0.497 e. The van der Waals surface area contributed by atoms with Gasteiger partial charge < -0.3 is 20.9 Å². The Morgan fingerprint density at radius 2 is 2.33 bits per heavy atom. The lowest BCUT2D eigenvalue weighted by atomic mass is 10.00. The van der Waals surface area contributed by atoms with Gasteiger partial charge in [0.1, 0.15) is 5.75 Å². The zero-order chi connectivity index (χ0) is 15.2. The second-order valence-corrected chi connectivity index (χ2v) is 5.66. The van der Waals surface area contributed by atoms with Crippen LogP contribution < -0.4 is 15.8 Å². The predicted octanol–water partition coefficient (Wildman–Crippen LogP) is 1.36. The number of hydrogen-bond donors (Lipinski definition) is 3. The minimum Gasteiger partial charge on any atom is -0.497 e. The molecule has 0 bridgehead atoms. The Morgan fingerprint density at radius 3 is 3.00 bits per heavy atom. The van der Waals surface area contributed by atoms with Crippen LogP contribution in [0.5, 0.6) is 5.75 Å². The number of ether oxygens (including phenoxy) is 1. The molecule has 116 valence electrons. The van der Waals surface area contributed by atoms with Gasteiger partial charge in [0.05, 0.1) is 13.2 Å². The summed E-state index contributed by atoms with van der Waals surface area (Å²) in [7, 11) is 1.58. The summed E-state index contributed by atoms with van der Waals surface area (Å²) < 4.78 is 5.12. The molecule has 1 amide bonds. The first-order valence-corrected chi connectivity index (χ1v) is 7.44. The standard InChI is InChI=1S/C16H24N2O3/c1-21-13-6-2-5-12(8-13)15(19)10-18-16(20)9-11-4-3-7-14(11)17/h2,5-6,8,11,14-15,19H,3-4,7,9-10,17H2,1H3,(H,18,20)/t11-,14+,15?/m0/s1. The van der Waals surface area contributed by atoms with Crippen molar-refractivity contribution in [3.8, 4) is 5.75 Å². The number of benzene rings is 1. The van der Waals surface area contributed by atoms with E-state index in [1.165, 1.54) is 0 Å². The van der Waals surface area contributed by atoms with Crippen LogP contribution in [0.4, 0.5) is 0 Å². The van der Waals surface area contributed by atoms with Gasteiger partial charge in [0.15, 0.2) is 0 Å². The molecule has 1 aliphatic carbocycles. The van der Waals surface area contributed by atoms with Crippen molar-refractivity contribution in [3.05, 3.63) is 29.8 Å². The molecule has 0 aliphatic heterocycles. The maximum Gasteiger partial charge on any atom is 0.220 e. The number of carbonyl (C=O) groups excluding carboxylic acids is 1. The maximum atomic E-state index is 11.9. The van der Waals surface area contributed by atoms with Gasteiger partial charge in [-0.1, -0.05) is 18.6 Å². The molecule has 5 heteroatoms. The summed E-state index contributed by atoms with van der Waals surface area (Å²) in [6.45, 7) is 0.202. The van der Waals surface area contributed by atoms with Gasteiger partial charge >= 0.3 is 0 Å². The molecule has 2 rings (SSSR count). The van der Waals surface area contributed by atoms with Gasteiger partial charge in [-0.2, -0.15) is 0 Å². The molecule has 1 aromatic rings.